The molecule has 7 heteroatoms. The van der Waals surface area contributed by atoms with Crippen molar-refractivity contribution >= 4 is 39.4 Å². The summed E-state index contributed by atoms with van der Waals surface area (Å²) in [7, 11) is 0. The van der Waals surface area contributed by atoms with Crippen LogP contribution in [0.15, 0.2) is 53.3 Å². The third-order valence-corrected chi connectivity index (χ3v) is 4.75. The van der Waals surface area contributed by atoms with Gasteiger partial charge in [0.25, 0.3) is 0 Å². The summed E-state index contributed by atoms with van der Waals surface area (Å²) in [6, 6.07) is 14.5. The van der Waals surface area contributed by atoms with E-state index < -0.39 is 12.6 Å². The average Bonchev–Trinajstić information content (AvgIpc) is 3.11. The van der Waals surface area contributed by atoms with Crippen LogP contribution in [0.5, 0.6) is 5.75 Å². The van der Waals surface area contributed by atoms with Crippen LogP contribution in [-0.4, -0.2) is 17.0 Å². The first kappa shape index (κ1) is 15.3. The number of para-hydroxylation sites is 3. The van der Waals surface area contributed by atoms with E-state index in [1.807, 2.05) is 24.3 Å². The summed E-state index contributed by atoms with van der Waals surface area (Å²) in [6.45, 7) is -0.542. The lowest BCUT2D eigenvalue weighted by molar-refractivity contribution is -0.308. The van der Waals surface area contributed by atoms with E-state index in [-0.39, 0.29) is 5.56 Å². The summed E-state index contributed by atoms with van der Waals surface area (Å²) in [5.74, 6) is -0.913. The number of carbonyl (C=O) groups excluding carboxylic acids is 1. The molecule has 2 aromatic heterocycles. The van der Waals surface area contributed by atoms with E-state index in [0.717, 1.165) is 16.0 Å². The molecule has 0 spiro atoms. The first-order chi connectivity index (χ1) is 12.1. The van der Waals surface area contributed by atoms with Gasteiger partial charge < -0.3 is 14.6 Å². The highest BCUT2D eigenvalue weighted by atomic mass is 32.1. The van der Waals surface area contributed by atoms with Crippen LogP contribution in [0.3, 0.4) is 0 Å². The number of aliphatic carboxylic acids is 1. The fourth-order valence-corrected chi connectivity index (χ4v) is 3.69. The van der Waals surface area contributed by atoms with Gasteiger partial charge in [-0.3, -0.25) is 0 Å². The number of hydrogen-bond donors (Lipinski definition) is 0. The zero-order valence-electron chi connectivity index (χ0n) is 12.9. The Morgan fingerprint density at radius 2 is 1.96 bits per heavy atom. The summed E-state index contributed by atoms with van der Waals surface area (Å²) in [6.07, 6.45) is 1.70. The van der Waals surface area contributed by atoms with Crippen molar-refractivity contribution in [2.24, 2.45) is 0 Å². The third-order valence-electron chi connectivity index (χ3n) is 3.76. The molecule has 124 valence electrons. The summed E-state index contributed by atoms with van der Waals surface area (Å²) >= 11 is 1.33. The van der Waals surface area contributed by atoms with Crippen LogP contribution in [0.4, 0.5) is 0 Å². The lowest BCUT2D eigenvalue weighted by Crippen LogP contribution is -2.29. The van der Waals surface area contributed by atoms with E-state index in [9.17, 15) is 14.7 Å². The van der Waals surface area contributed by atoms with Crippen LogP contribution in [0.1, 0.15) is 5.56 Å². The highest BCUT2D eigenvalue weighted by Gasteiger charge is 2.18. The van der Waals surface area contributed by atoms with E-state index >= 15 is 0 Å². The molecule has 2 aromatic carbocycles. The second kappa shape index (κ2) is 6.03. The molecule has 0 unspecified atom stereocenters. The van der Waals surface area contributed by atoms with Gasteiger partial charge in [-0.15, -0.1) is 4.40 Å². The standard InChI is InChI=1S/C18H12N2O4S/c21-16(22)10-24-14-8-4-1-5-11(14)9-15-17(23)20-13-7-3-2-6-12(13)19-18(20)25-15/h1-9H,10H2,(H,21,22). The number of nitrogens with one attached hydrogen (secondary N) is 1. The van der Waals surface area contributed by atoms with Crippen LogP contribution in [0.2, 0.25) is 0 Å². The highest BCUT2D eigenvalue weighted by Crippen LogP contribution is 2.19. The van der Waals surface area contributed by atoms with E-state index in [4.69, 9.17) is 4.74 Å². The molecule has 1 N–H and O–H groups in total. The number of rotatable bonds is 4. The lowest BCUT2D eigenvalue weighted by atomic mass is 10.2. The SMILES string of the molecule is O=C([O-])COc1ccccc1C=c1sc2[nH+]c3ccccc3n2c1=O. The zero-order valence-corrected chi connectivity index (χ0v) is 13.7. The predicted octanol–water partition coefficient (Wildman–Crippen LogP) is 0.00470. The van der Waals surface area contributed by atoms with E-state index in [0.29, 0.717) is 15.8 Å². The molecule has 0 atom stereocenters. The maximum atomic E-state index is 12.8. The molecule has 6 nitrogen and oxygen atoms in total. The van der Waals surface area contributed by atoms with Crippen molar-refractivity contribution in [3.8, 4) is 5.75 Å². The van der Waals surface area contributed by atoms with Gasteiger partial charge in [0.05, 0.1) is 5.97 Å². The average molecular weight is 352 g/mol. The van der Waals surface area contributed by atoms with Gasteiger partial charge in [0.15, 0.2) is 11.0 Å². The number of fused-ring (bicyclic) bond motifs is 3. The maximum Gasteiger partial charge on any atom is 0.357 e. The number of carboxylic acids is 1. The van der Waals surface area contributed by atoms with Crippen LogP contribution < -0.4 is 24.9 Å². The number of carboxylic acid groups (broad SMARTS) is 1. The molecule has 0 aliphatic carbocycles. The number of imidazole rings is 1. The van der Waals surface area contributed by atoms with Gasteiger partial charge in [0.2, 0.25) is 0 Å². The second-order valence-electron chi connectivity index (χ2n) is 5.40. The number of thiazole rings is 1. The molecule has 0 fully saturated rings. The van der Waals surface area contributed by atoms with Gasteiger partial charge in [-0.2, -0.15) is 0 Å². The lowest BCUT2D eigenvalue weighted by Gasteiger charge is -2.08. The smallest absolute Gasteiger partial charge is 0.357 e. The zero-order chi connectivity index (χ0) is 17.4. The van der Waals surface area contributed by atoms with Crippen molar-refractivity contribution in [3.63, 3.8) is 0 Å². The first-order valence-electron chi connectivity index (χ1n) is 7.52. The number of H-pyrrole nitrogens is 1. The maximum absolute atomic E-state index is 12.8. The predicted molar refractivity (Wildman–Crippen MR) is 91.3 cm³/mol. The van der Waals surface area contributed by atoms with Gasteiger partial charge >= 0.3 is 10.5 Å². The number of aromatic amines is 1. The van der Waals surface area contributed by atoms with Gasteiger partial charge in [-0.1, -0.05) is 30.3 Å². The van der Waals surface area contributed by atoms with Crippen LogP contribution in [0.25, 0.3) is 22.1 Å². The van der Waals surface area contributed by atoms with E-state index in [2.05, 4.69) is 4.98 Å². The molecular formula is C18H12N2O4S. The Bertz CT molecular complexity index is 1210. The first-order valence-corrected chi connectivity index (χ1v) is 8.34. The number of ether oxygens (including phenoxy) is 1. The Morgan fingerprint density at radius 3 is 2.80 bits per heavy atom. The van der Waals surface area contributed by atoms with Crippen LogP contribution >= 0.6 is 11.3 Å². The Labute approximate surface area is 145 Å². The highest BCUT2D eigenvalue weighted by molar-refractivity contribution is 7.14. The van der Waals surface area contributed by atoms with E-state index in [1.165, 1.54) is 11.3 Å². The molecule has 25 heavy (non-hydrogen) atoms. The van der Waals surface area contributed by atoms with Gasteiger partial charge in [0, 0.05) is 5.56 Å². The summed E-state index contributed by atoms with van der Waals surface area (Å²) < 4.78 is 7.40. The molecular weight excluding hydrogens is 340 g/mol. The Balaban J connectivity index is 1.86. The van der Waals surface area contributed by atoms with Gasteiger partial charge in [-0.05, 0) is 35.6 Å². The minimum Gasteiger partial charge on any atom is -0.546 e. The molecule has 0 radical (unpaired) electrons. The molecule has 0 bridgehead atoms. The molecule has 4 rings (SSSR count). The van der Waals surface area contributed by atoms with Crippen molar-refractivity contribution < 1.29 is 19.6 Å². The quantitative estimate of drug-likeness (QED) is 0.518. The van der Waals surface area contributed by atoms with Crippen molar-refractivity contribution in [1.29, 1.82) is 0 Å². The summed E-state index contributed by atoms with van der Waals surface area (Å²) in [5, 5.41) is 10.6. The van der Waals surface area contributed by atoms with Gasteiger partial charge in [-0.25, -0.2) is 9.78 Å². The van der Waals surface area contributed by atoms with Gasteiger partial charge in [0.1, 0.15) is 16.9 Å². The number of benzene rings is 2. The molecule has 4 aromatic rings. The third kappa shape index (κ3) is 2.74. The molecule has 2 heterocycles. The van der Waals surface area contributed by atoms with Crippen molar-refractivity contribution in [2.45, 2.75) is 0 Å². The van der Waals surface area contributed by atoms with Crippen molar-refractivity contribution in [3.05, 3.63) is 69.0 Å². The number of hydrogen-bond acceptors (Lipinski definition) is 5. The molecule has 0 saturated heterocycles. The van der Waals surface area contributed by atoms with Crippen LogP contribution in [-0.2, 0) is 4.79 Å². The minimum absolute atomic E-state index is 0.132. The Hall–Kier alpha value is -3.19. The second-order valence-corrected chi connectivity index (χ2v) is 6.43. The number of aromatic nitrogens is 2. The normalized spacial score (nSPS) is 12.1. The number of carbonyl (C=O) groups is 1. The fraction of sp³-hybridized carbons (Fsp3) is 0.0556. The van der Waals surface area contributed by atoms with Crippen LogP contribution in [0, 0.1) is 0 Å². The van der Waals surface area contributed by atoms with Crippen molar-refractivity contribution in [1.82, 2.24) is 4.40 Å². The molecule has 0 aliphatic heterocycles. The topological polar surface area (TPSA) is 85.0 Å². The fourth-order valence-electron chi connectivity index (χ4n) is 2.69. The Kier molecular flexibility index (Phi) is 3.70. The molecule has 0 amide bonds. The summed E-state index contributed by atoms with van der Waals surface area (Å²) in [4.78, 5) is 27.3. The minimum atomic E-state index is -1.30. The monoisotopic (exact) mass is 352 g/mol. The largest absolute Gasteiger partial charge is 0.546 e. The molecule has 0 aliphatic rings. The summed E-state index contributed by atoms with van der Waals surface area (Å²) in [5.41, 5.74) is 2.22. The Morgan fingerprint density at radius 1 is 1.20 bits per heavy atom. The number of nitrogens with zero attached hydrogens (tertiary/aromatic N) is 1. The molecule has 0 saturated carbocycles. The van der Waals surface area contributed by atoms with Crippen molar-refractivity contribution in [2.75, 3.05) is 6.61 Å². The van der Waals surface area contributed by atoms with E-state index in [1.54, 1.807) is 34.7 Å².